The highest BCUT2D eigenvalue weighted by atomic mass is 16.2. The summed E-state index contributed by atoms with van der Waals surface area (Å²) in [6.45, 7) is 6.80. The van der Waals surface area contributed by atoms with Gasteiger partial charge >= 0.3 is 0 Å². The molecule has 0 unspecified atom stereocenters. The number of nitrogens with one attached hydrogen (secondary N) is 1. The number of carbonyl (C=O) groups is 2. The molecular formula is C26H36N4O2. The standard InChI is InChI=1S/C26H36N4O2/c1-19-15-20(2)30(28-19)18-26(32)29-13-11-23(12-14-29)16-22-5-3-21(4-6-22)9-10-25(31)27-17-24-7-8-24/h3-6,15,23-24H,7-14,16-18H2,1-2H3,(H,27,31). The van der Waals surface area contributed by atoms with E-state index in [1.54, 1.807) is 0 Å². The Bertz CT molecular complexity index is 922. The minimum absolute atomic E-state index is 0.167. The van der Waals surface area contributed by atoms with Gasteiger partial charge < -0.3 is 10.2 Å². The lowest BCUT2D eigenvalue weighted by atomic mass is 9.89. The third-order valence-corrected chi connectivity index (χ3v) is 6.83. The lowest BCUT2D eigenvalue weighted by Gasteiger charge is -2.32. The van der Waals surface area contributed by atoms with E-state index in [1.807, 2.05) is 29.5 Å². The molecule has 0 bridgehead atoms. The van der Waals surface area contributed by atoms with Crippen molar-refractivity contribution in [3.8, 4) is 0 Å². The second-order valence-corrected chi connectivity index (χ2v) is 9.68. The van der Waals surface area contributed by atoms with Gasteiger partial charge in [-0.2, -0.15) is 5.10 Å². The van der Waals surface area contributed by atoms with Crippen LogP contribution in [-0.2, 0) is 29.0 Å². The van der Waals surface area contributed by atoms with Crippen LogP contribution >= 0.6 is 0 Å². The van der Waals surface area contributed by atoms with E-state index >= 15 is 0 Å². The van der Waals surface area contributed by atoms with E-state index in [0.717, 1.165) is 62.6 Å². The van der Waals surface area contributed by atoms with E-state index < -0.39 is 0 Å². The van der Waals surface area contributed by atoms with Gasteiger partial charge in [-0.3, -0.25) is 14.3 Å². The molecule has 2 amide bonds. The summed E-state index contributed by atoms with van der Waals surface area (Å²) >= 11 is 0. The van der Waals surface area contributed by atoms with E-state index in [0.29, 0.717) is 18.9 Å². The summed E-state index contributed by atoms with van der Waals surface area (Å²) in [5.41, 5.74) is 4.56. The van der Waals surface area contributed by atoms with Crippen LogP contribution in [0.5, 0.6) is 0 Å². The van der Waals surface area contributed by atoms with Gasteiger partial charge in [-0.05, 0) is 81.4 Å². The van der Waals surface area contributed by atoms with Crippen molar-refractivity contribution in [2.24, 2.45) is 11.8 Å². The summed E-state index contributed by atoms with van der Waals surface area (Å²) in [5, 5.41) is 7.45. The van der Waals surface area contributed by atoms with Gasteiger partial charge in [0.25, 0.3) is 0 Å². The monoisotopic (exact) mass is 436 g/mol. The molecule has 1 saturated carbocycles. The van der Waals surface area contributed by atoms with Gasteiger partial charge in [-0.15, -0.1) is 0 Å². The zero-order valence-electron chi connectivity index (χ0n) is 19.5. The van der Waals surface area contributed by atoms with Crippen molar-refractivity contribution in [1.82, 2.24) is 20.0 Å². The third kappa shape index (κ3) is 6.44. The Morgan fingerprint density at radius 2 is 1.69 bits per heavy atom. The number of amides is 2. The number of carbonyl (C=O) groups excluding carboxylic acids is 2. The number of likely N-dealkylation sites (tertiary alicyclic amines) is 1. The van der Waals surface area contributed by atoms with Crippen molar-refractivity contribution in [2.75, 3.05) is 19.6 Å². The molecule has 6 nitrogen and oxygen atoms in total. The summed E-state index contributed by atoms with van der Waals surface area (Å²) < 4.78 is 1.81. The van der Waals surface area contributed by atoms with Crippen LogP contribution < -0.4 is 5.32 Å². The van der Waals surface area contributed by atoms with Crippen molar-refractivity contribution in [3.63, 3.8) is 0 Å². The second-order valence-electron chi connectivity index (χ2n) is 9.68. The molecule has 4 rings (SSSR count). The van der Waals surface area contributed by atoms with Crippen LogP contribution in [0.3, 0.4) is 0 Å². The van der Waals surface area contributed by atoms with Gasteiger partial charge in [0, 0.05) is 31.7 Å². The average molecular weight is 437 g/mol. The SMILES string of the molecule is Cc1cc(C)n(CC(=O)N2CCC(Cc3ccc(CCC(=O)NCC4CC4)cc3)CC2)n1. The highest BCUT2D eigenvalue weighted by molar-refractivity contribution is 5.76. The van der Waals surface area contributed by atoms with E-state index in [9.17, 15) is 9.59 Å². The average Bonchev–Trinajstić information content (AvgIpc) is 3.56. The Labute approximate surface area is 191 Å². The molecule has 1 aliphatic carbocycles. The van der Waals surface area contributed by atoms with Gasteiger partial charge in [-0.1, -0.05) is 24.3 Å². The maximum absolute atomic E-state index is 12.7. The second kappa shape index (κ2) is 10.3. The lowest BCUT2D eigenvalue weighted by Crippen LogP contribution is -2.40. The van der Waals surface area contributed by atoms with Crippen molar-refractivity contribution in [1.29, 1.82) is 0 Å². The van der Waals surface area contributed by atoms with Crippen LogP contribution in [-0.4, -0.2) is 46.1 Å². The molecule has 1 saturated heterocycles. The van der Waals surface area contributed by atoms with Crippen LogP contribution in [0.25, 0.3) is 0 Å². The normalized spacial score (nSPS) is 16.9. The van der Waals surface area contributed by atoms with E-state index in [-0.39, 0.29) is 11.8 Å². The molecule has 0 atom stereocenters. The lowest BCUT2D eigenvalue weighted by molar-refractivity contribution is -0.133. The molecule has 2 fully saturated rings. The molecule has 1 N–H and O–H groups in total. The molecule has 0 spiro atoms. The largest absolute Gasteiger partial charge is 0.356 e. The fraction of sp³-hybridized carbons (Fsp3) is 0.577. The first-order valence-corrected chi connectivity index (χ1v) is 12.1. The van der Waals surface area contributed by atoms with Gasteiger partial charge in [0.05, 0.1) is 5.69 Å². The molecule has 1 aliphatic heterocycles. The molecule has 1 aromatic carbocycles. The Morgan fingerprint density at radius 1 is 1.00 bits per heavy atom. The number of benzene rings is 1. The van der Waals surface area contributed by atoms with Crippen molar-refractivity contribution >= 4 is 11.8 Å². The summed E-state index contributed by atoms with van der Waals surface area (Å²) in [4.78, 5) is 26.6. The predicted molar refractivity (Wildman–Crippen MR) is 125 cm³/mol. The van der Waals surface area contributed by atoms with Gasteiger partial charge in [0.15, 0.2) is 0 Å². The van der Waals surface area contributed by atoms with Crippen LogP contribution in [0.15, 0.2) is 30.3 Å². The minimum Gasteiger partial charge on any atom is -0.356 e. The Kier molecular flexibility index (Phi) is 7.28. The summed E-state index contributed by atoms with van der Waals surface area (Å²) in [6.07, 6.45) is 7.05. The van der Waals surface area contributed by atoms with Crippen molar-refractivity contribution in [2.45, 2.75) is 65.3 Å². The Balaban J connectivity index is 1.17. The molecule has 2 aromatic rings. The van der Waals surface area contributed by atoms with Crippen LogP contribution in [0.4, 0.5) is 0 Å². The molecule has 0 radical (unpaired) electrons. The minimum atomic E-state index is 0.167. The van der Waals surface area contributed by atoms with Gasteiger partial charge in [-0.25, -0.2) is 0 Å². The molecule has 1 aromatic heterocycles. The zero-order valence-corrected chi connectivity index (χ0v) is 19.5. The van der Waals surface area contributed by atoms with Crippen LogP contribution in [0.2, 0.25) is 0 Å². The zero-order chi connectivity index (χ0) is 22.5. The van der Waals surface area contributed by atoms with Gasteiger partial charge in [0.2, 0.25) is 11.8 Å². The molecule has 32 heavy (non-hydrogen) atoms. The quantitative estimate of drug-likeness (QED) is 0.655. The first kappa shape index (κ1) is 22.6. The topological polar surface area (TPSA) is 67.2 Å². The first-order valence-electron chi connectivity index (χ1n) is 12.1. The third-order valence-electron chi connectivity index (χ3n) is 6.83. The fourth-order valence-electron chi connectivity index (χ4n) is 4.55. The Hall–Kier alpha value is -2.63. The predicted octanol–water partition coefficient (Wildman–Crippen LogP) is 3.44. The first-order chi connectivity index (χ1) is 15.5. The summed E-state index contributed by atoms with van der Waals surface area (Å²) in [5.74, 6) is 1.68. The van der Waals surface area contributed by atoms with E-state index in [4.69, 9.17) is 0 Å². The van der Waals surface area contributed by atoms with Crippen molar-refractivity contribution < 1.29 is 9.59 Å². The number of aryl methyl sites for hydroxylation is 3. The van der Waals surface area contributed by atoms with Crippen LogP contribution in [0, 0.1) is 25.7 Å². The maximum atomic E-state index is 12.7. The van der Waals surface area contributed by atoms with Gasteiger partial charge in [0.1, 0.15) is 6.54 Å². The molecular weight excluding hydrogens is 400 g/mol. The highest BCUT2D eigenvalue weighted by Crippen LogP contribution is 2.27. The molecule has 172 valence electrons. The number of hydrogen-bond acceptors (Lipinski definition) is 3. The molecule has 6 heteroatoms. The van der Waals surface area contributed by atoms with E-state index in [2.05, 4.69) is 34.7 Å². The maximum Gasteiger partial charge on any atom is 0.244 e. The molecule has 2 heterocycles. The number of nitrogens with zero attached hydrogens (tertiary/aromatic N) is 3. The number of piperidine rings is 1. The number of rotatable bonds is 9. The molecule has 2 aliphatic rings. The highest BCUT2D eigenvalue weighted by Gasteiger charge is 2.24. The Morgan fingerprint density at radius 3 is 2.31 bits per heavy atom. The summed E-state index contributed by atoms with van der Waals surface area (Å²) in [6, 6.07) is 10.7. The smallest absolute Gasteiger partial charge is 0.244 e. The number of aromatic nitrogens is 2. The van der Waals surface area contributed by atoms with Crippen molar-refractivity contribution in [3.05, 3.63) is 52.8 Å². The fourth-order valence-corrected chi connectivity index (χ4v) is 4.55. The number of hydrogen-bond donors (Lipinski definition) is 1. The summed E-state index contributed by atoms with van der Waals surface area (Å²) in [7, 11) is 0. The van der Waals surface area contributed by atoms with E-state index in [1.165, 1.54) is 24.0 Å². The van der Waals surface area contributed by atoms with Crippen LogP contribution in [0.1, 0.15) is 54.6 Å².